The van der Waals surface area contributed by atoms with Crippen LogP contribution in [0.25, 0.3) is 0 Å². The minimum atomic E-state index is 0.0731. The second-order valence-corrected chi connectivity index (χ2v) is 6.94. The van der Waals surface area contributed by atoms with Gasteiger partial charge in [0.2, 0.25) is 5.91 Å². The summed E-state index contributed by atoms with van der Waals surface area (Å²) in [6, 6.07) is 7.17. The lowest BCUT2D eigenvalue weighted by molar-refractivity contribution is -0.133. The van der Waals surface area contributed by atoms with Gasteiger partial charge in [-0.05, 0) is 18.9 Å². The average molecular weight is 346 g/mol. The third-order valence-electron chi connectivity index (χ3n) is 4.19. The van der Waals surface area contributed by atoms with Gasteiger partial charge >= 0.3 is 0 Å². The molecule has 5 nitrogen and oxygen atoms in total. The maximum absolute atomic E-state index is 12.7. The Kier molecular flexibility index (Phi) is 5.82. The van der Waals surface area contributed by atoms with Crippen LogP contribution in [0.1, 0.15) is 29.8 Å². The van der Waals surface area contributed by atoms with Crippen molar-refractivity contribution in [2.75, 3.05) is 13.2 Å². The number of amides is 1. The molecule has 0 radical (unpaired) electrons. The Balaban J connectivity index is 1.66. The summed E-state index contributed by atoms with van der Waals surface area (Å²) in [4.78, 5) is 18.7. The number of aromatic nitrogens is 1. The number of rotatable bonds is 7. The van der Waals surface area contributed by atoms with Crippen LogP contribution >= 0.6 is 11.3 Å². The first-order valence-corrected chi connectivity index (χ1v) is 9.15. The van der Waals surface area contributed by atoms with E-state index in [1.165, 1.54) is 0 Å². The minimum Gasteiger partial charge on any atom is -0.508 e. The molecule has 2 heterocycles. The number of thiazole rings is 1. The minimum absolute atomic E-state index is 0.0731. The molecule has 0 saturated carbocycles. The van der Waals surface area contributed by atoms with Gasteiger partial charge in [-0.1, -0.05) is 18.2 Å². The lowest BCUT2D eigenvalue weighted by atomic mass is 10.1. The Morgan fingerprint density at radius 1 is 1.42 bits per heavy atom. The van der Waals surface area contributed by atoms with Crippen molar-refractivity contribution in [1.82, 2.24) is 9.88 Å². The molecule has 1 aromatic heterocycles. The Morgan fingerprint density at radius 2 is 2.29 bits per heavy atom. The smallest absolute Gasteiger partial charge is 0.223 e. The lowest BCUT2D eigenvalue weighted by Crippen LogP contribution is -2.37. The normalized spacial score (nSPS) is 17.1. The molecule has 0 aliphatic carbocycles. The van der Waals surface area contributed by atoms with Gasteiger partial charge < -0.3 is 14.7 Å². The van der Waals surface area contributed by atoms with Crippen LogP contribution < -0.4 is 0 Å². The Bertz CT molecular complexity index is 654. The summed E-state index contributed by atoms with van der Waals surface area (Å²) >= 11 is 1.57. The summed E-state index contributed by atoms with van der Waals surface area (Å²) in [5.41, 5.74) is 0.762. The van der Waals surface area contributed by atoms with Gasteiger partial charge in [-0.2, -0.15) is 0 Å². The number of aryl methyl sites for hydroxylation is 1. The fraction of sp³-hybridized carbons (Fsp3) is 0.444. The molecule has 0 spiro atoms. The largest absolute Gasteiger partial charge is 0.508 e. The van der Waals surface area contributed by atoms with Gasteiger partial charge in [0.15, 0.2) is 0 Å². The average Bonchev–Trinajstić information content (AvgIpc) is 3.27. The monoisotopic (exact) mass is 346 g/mol. The summed E-state index contributed by atoms with van der Waals surface area (Å²) in [7, 11) is 0. The van der Waals surface area contributed by atoms with Gasteiger partial charge in [-0.15, -0.1) is 11.3 Å². The van der Waals surface area contributed by atoms with Crippen molar-refractivity contribution in [3.63, 3.8) is 0 Å². The zero-order chi connectivity index (χ0) is 16.8. The van der Waals surface area contributed by atoms with E-state index in [1.54, 1.807) is 34.6 Å². The molecule has 6 heteroatoms. The van der Waals surface area contributed by atoms with Gasteiger partial charge in [0.05, 0.1) is 11.1 Å². The summed E-state index contributed by atoms with van der Waals surface area (Å²) < 4.78 is 5.69. The van der Waals surface area contributed by atoms with Crippen molar-refractivity contribution in [2.45, 2.75) is 38.3 Å². The standard InChI is InChI=1S/C18H22N2O3S/c21-16-6-2-1-4-14(16)12-20(13-15-5-3-10-23-15)18(22)8-7-17-19-9-11-24-17/h1-2,4,6,9,11,15,21H,3,5,7-8,10,12-13H2/t15-/m0/s1. The first-order valence-electron chi connectivity index (χ1n) is 8.27. The van der Waals surface area contributed by atoms with E-state index in [9.17, 15) is 9.90 Å². The number of hydrogen-bond donors (Lipinski definition) is 1. The third kappa shape index (κ3) is 4.55. The van der Waals surface area contributed by atoms with Crippen LogP contribution in [0.3, 0.4) is 0 Å². The van der Waals surface area contributed by atoms with Crippen LogP contribution in [-0.4, -0.2) is 40.2 Å². The number of hydrogen-bond acceptors (Lipinski definition) is 5. The number of ether oxygens (including phenoxy) is 1. The molecule has 1 aromatic carbocycles. The summed E-state index contributed by atoms with van der Waals surface area (Å²) in [6.45, 7) is 1.75. The number of benzene rings is 1. The van der Waals surface area contributed by atoms with Crippen LogP contribution in [0, 0.1) is 0 Å². The van der Waals surface area contributed by atoms with Gasteiger partial charge in [0.25, 0.3) is 0 Å². The number of phenolic OH excluding ortho intramolecular Hbond substituents is 1. The SMILES string of the molecule is O=C(CCc1nccs1)N(Cc1ccccc1O)C[C@@H]1CCCO1. The number of carbonyl (C=O) groups is 1. The zero-order valence-electron chi connectivity index (χ0n) is 13.6. The molecular weight excluding hydrogens is 324 g/mol. The molecule has 1 aliphatic rings. The Labute approximate surface area is 145 Å². The number of carbonyl (C=O) groups excluding carboxylic acids is 1. The molecule has 2 aromatic rings. The molecule has 0 unspecified atom stereocenters. The highest BCUT2D eigenvalue weighted by molar-refractivity contribution is 7.09. The van der Waals surface area contributed by atoms with E-state index in [4.69, 9.17) is 4.74 Å². The van der Waals surface area contributed by atoms with Crippen LogP contribution in [0.4, 0.5) is 0 Å². The highest BCUT2D eigenvalue weighted by atomic mass is 32.1. The predicted molar refractivity (Wildman–Crippen MR) is 92.9 cm³/mol. The van der Waals surface area contributed by atoms with E-state index in [0.29, 0.717) is 25.9 Å². The first kappa shape index (κ1) is 16.9. The van der Waals surface area contributed by atoms with Crippen LogP contribution in [0.2, 0.25) is 0 Å². The molecule has 1 fully saturated rings. The molecule has 1 N–H and O–H groups in total. The molecule has 24 heavy (non-hydrogen) atoms. The van der Waals surface area contributed by atoms with E-state index in [-0.39, 0.29) is 17.8 Å². The van der Waals surface area contributed by atoms with Gasteiger partial charge in [-0.3, -0.25) is 4.79 Å². The second-order valence-electron chi connectivity index (χ2n) is 5.96. The van der Waals surface area contributed by atoms with E-state index in [1.807, 2.05) is 17.5 Å². The first-order chi connectivity index (χ1) is 11.7. The quantitative estimate of drug-likeness (QED) is 0.837. The fourth-order valence-electron chi connectivity index (χ4n) is 2.89. The molecular formula is C18H22N2O3S. The summed E-state index contributed by atoms with van der Waals surface area (Å²) in [5, 5.41) is 12.9. The molecule has 0 bridgehead atoms. The van der Waals surface area contributed by atoms with Gasteiger partial charge in [-0.25, -0.2) is 4.98 Å². The topological polar surface area (TPSA) is 62.7 Å². The highest BCUT2D eigenvalue weighted by Gasteiger charge is 2.23. The number of nitrogens with zero attached hydrogens (tertiary/aromatic N) is 2. The molecule has 1 atom stereocenters. The van der Waals surface area contributed by atoms with Gasteiger partial charge in [0.1, 0.15) is 5.75 Å². The fourth-order valence-corrected chi connectivity index (χ4v) is 3.51. The van der Waals surface area contributed by atoms with Crippen molar-refractivity contribution >= 4 is 17.2 Å². The maximum Gasteiger partial charge on any atom is 0.223 e. The Hall–Kier alpha value is -1.92. The van der Waals surface area contributed by atoms with Crippen LogP contribution in [-0.2, 0) is 22.5 Å². The summed E-state index contributed by atoms with van der Waals surface area (Å²) in [6.07, 6.45) is 4.96. The lowest BCUT2D eigenvalue weighted by Gasteiger charge is -2.26. The number of para-hydroxylation sites is 1. The van der Waals surface area contributed by atoms with Crippen molar-refractivity contribution < 1.29 is 14.6 Å². The maximum atomic E-state index is 12.7. The predicted octanol–water partition coefficient (Wildman–Crippen LogP) is 2.99. The van der Waals surface area contributed by atoms with Crippen molar-refractivity contribution in [1.29, 1.82) is 0 Å². The summed E-state index contributed by atoms with van der Waals surface area (Å²) in [5.74, 6) is 0.298. The van der Waals surface area contributed by atoms with Crippen LogP contribution in [0.15, 0.2) is 35.8 Å². The number of aromatic hydroxyl groups is 1. The molecule has 1 aliphatic heterocycles. The van der Waals surface area contributed by atoms with Crippen molar-refractivity contribution in [3.8, 4) is 5.75 Å². The van der Waals surface area contributed by atoms with Crippen molar-refractivity contribution in [2.24, 2.45) is 0 Å². The van der Waals surface area contributed by atoms with E-state index < -0.39 is 0 Å². The van der Waals surface area contributed by atoms with E-state index in [0.717, 1.165) is 30.0 Å². The molecule has 128 valence electrons. The third-order valence-corrected chi connectivity index (χ3v) is 5.03. The molecule has 1 saturated heterocycles. The zero-order valence-corrected chi connectivity index (χ0v) is 14.4. The second kappa shape index (κ2) is 8.26. The Morgan fingerprint density at radius 3 is 3.00 bits per heavy atom. The van der Waals surface area contributed by atoms with Crippen LogP contribution in [0.5, 0.6) is 5.75 Å². The van der Waals surface area contributed by atoms with E-state index >= 15 is 0 Å². The van der Waals surface area contributed by atoms with Gasteiger partial charge in [0, 0.05) is 49.7 Å². The molecule has 3 rings (SSSR count). The highest BCUT2D eigenvalue weighted by Crippen LogP contribution is 2.21. The van der Waals surface area contributed by atoms with E-state index in [2.05, 4.69) is 4.98 Å². The number of phenols is 1. The van der Waals surface area contributed by atoms with Crippen molar-refractivity contribution in [3.05, 3.63) is 46.4 Å². The molecule has 1 amide bonds.